The number of carbonyl (C=O) groups is 2. The van der Waals surface area contributed by atoms with Gasteiger partial charge >= 0.3 is 5.97 Å². The van der Waals surface area contributed by atoms with Gasteiger partial charge in [-0.1, -0.05) is 12.1 Å². The molecule has 1 N–H and O–H groups in total. The molecule has 22 heavy (non-hydrogen) atoms. The fourth-order valence-corrected chi connectivity index (χ4v) is 2.04. The third-order valence-corrected chi connectivity index (χ3v) is 3.24. The summed E-state index contributed by atoms with van der Waals surface area (Å²) in [5.41, 5.74) is 1.02. The third-order valence-electron chi connectivity index (χ3n) is 3.24. The maximum Gasteiger partial charge on any atom is 0.356 e. The molecule has 0 unspecified atom stereocenters. The normalized spacial score (nSPS) is 10.3. The second-order valence-corrected chi connectivity index (χ2v) is 4.85. The molecule has 0 aliphatic carbocycles. The largest absolute Gasteiger partial charge is 0.497 e. The lowest BCUT2D eigenvalue weighted by molar-refractivity contribution is 0.0689. The van der Waals surface area contributed by atoms with Crippen LogP contribution in [0.15, 0.2) is 30.3 Å². The minimum Gasteiger partial charge on any atom is -0.497 e. The van der Waals surface area contributed by atoms with Crippen LogP contribution >= 0.6 is 0 Å². The lowest BCUT2D eigenvalue weighted by Gasteiger charge is -2.17. The zero-order valence-electron chi connectivity index (χ0n) is 12.6. The van der Waals surface area contributed by atoms with Crippen LogP contribution in [-0.4, -0.2) is 45.8 Å². The molecule has 1 aromatic carbocycles. The van der Waals surface area contributed by atoms with Crippen LogP contribution in [0.1, 0.15) is 26.5 Å². The van der Waals surface area contributed by atoms with Gasteiger partial charge in [0.1, 0.15) is 11.4 Å². The molecule has 0 aliphatic rings. The summed E-state index contributed by atoms with van der Waals surface area (Å²) < 4.78 is 6.36. The molecule has 2 aromatic rings. The van der Waals surface area contributed by atoms with Gasteiger partial charge in [-0.2, -0.15) is 5.10 Å². The Morgan fingerprint density at radius 1 is 1.32 bits per heavy atom. The molecule has 0 spiro atoms. The van der Waals surface area contributed by atoms with Crippen LogP contribution in [0.5, 0.6) is 5.75 Å². The van der Waals surface area contributed by atoms with Gasteiger partial charge in [-0.3, -0.25) is 9.48 Å². The van der Waals surface area contributed by atoms with E-state index in [4.69, 9.17) is 9.84 Å². The molecule has 0 saturated carbocycles. The van der Waals surface area contributed by atoms with Crippen LogP contribution < -0.4 is 4.74 Å². The Balaban J connectivity index is 2.12. The molecule has 1 amide bonds. The Bertz CT molecular complexity index is 691. The topological polar surface area (TPSA) is 84.7 Å². The van der Waals surface area contributed by atoms with Crippen LogP contribution in [-0.2, 0) is 13.6 Å². The summed E-state index contributed by atoms with van der Waals surface area (Å²) in [4.78, 5) is 24.8. The molecular weight excluding hydrogens is 286 g/mol. The van der Waals surface area contributed by atoms with Gasteiger partial charge in [0.2, 0.25) is 0 Å². The van der Waals surface area contributed by atoms with Gasteiger partial charge in [0.15, 0.2) is 5.69 Å². The van der Waals surface area contributed by atoms with Crippen molar-refractivity contribution in [1.82, 2.24) is 14.7 Å². The first-order valence-electron chi connectivity index (χ1n) is 6.58. The quantitative estimate of drug-likeness (QED) is 0.902. The van der Waals surface area contributed by atoms with E-state index < -0.39 is 5.97 Å². The van der Waals surface area contributed by atoms with Gasteiger partial charge in [-0.05, 0) is 17.7 Å². The fraction of sp³-hybridized carbons (Fsp3) is 0.267. The Hall–Kier alpha value is -2.83. The maximum absolute atomic E-state index is 12.4. The highest BCUT2D eigenvalue weighted by Gasteiger charge is 2.20. The van der Waals surface area contributed by atoms with E-state index in [2.05, 4.69) is 5.10 Å². The fourth-order valence-electron chi connectivity index (χ4n) is 2.04. The number of ether oxygens (including phenoxy) is 1. The lowest BCUT2D eigenvalue weighted by atomic mass is 10.2. The Morgan fingerprint density at radius 3 is 2.45 bits per heavy atom. The summed E-state index contributed by atoms with van der Waals surface area (Å²) in [6, 6.07) is 8.65. The molecule has 0 fully saturated rings. The molecule has 7 nitrogen and oxygen atoms in total. The first-order valence-corrected chi connectivity index (χ1v) is 6.58. The summed E-state index contributed by atoms with van der Waals surface area (Å²) in [7, 11) is 4.79. The van der Waals surface area contributed by atoms with Crippen molar-refractivity contribution in [2.75, 3.05) is 14.2 Å². The highest BCUT2D eigenvalue weighted by atomic mass is 16.5. The van der Waals surface area contributed by atoms with E-state index >= 15 is 0 Å². The Labute approximate surface area is 127 Å². The van der Waals surface area contributed by atoms with Crippen molar-refractivity contribution < 1.29 is 19.4 Å². The third kappa shape index (κ3) is 3.25. The summed E-state index contributed by atoms with van der Waals surface area (Å²) in [5.74, 6) is -0.707. The molecule has 1 aromatic heterocycles. The minimum atomic E-state index is -1.16. The van der Waals surface area contributed by atoms with Gasteiger partial charge in [-0.15, -0.1) is 0 Å². The number of benzene rings is 1. The second-order valence-electron chi connectivity index (χ2n) is 4.85. The van der Waals surface area contributed by atoms with Crippen LogP contribution in [0.25, 0.3) is 0 Å². The van der Waals surface area contributed by atoms with Crippen molar-refractivity contribution in [3.8, 4) is 5.75 Å². The Morgan fingerprint density at radius 2 is 1.95 bits per heavy atom. The van der Waals surface area contributed by atoms with Gasteiger partial charge < -0.3 is 14.7 Å². The number of aryl methyl sites for hydroxylation is 1. The van der Waals surface area contributed by atoms with Crippen molar-refractivity contribution in [1.29, 1.82) is 0 Å². The molecule has 116 valence electrons. The van der Waals surface area contributed by atoms with Crippen molar-refractivity contribution in [3.63, 3.8) is 0 Å². The minimum absolute atomic E-state index is 0.149. The lowest BCUT2D eigenvalue weighted by Crippen LogP contribution is -2.28. The molecule has 0 radical (unpaired) electrons. The van der Waals surface area contributed by atoms with Gasteiger partial charge in [0, 0.05) is 26.7 Å². The molecule has 2 rings (SSSR count). The number of carboxylic acids is 1. The van der Waals surface area contributed by atoms with Crippen molar-refractivity contribution in [2.24, 2.45) is 7.05 Å². The summed E-state index contributed by atoms with van der Waals surface area (Å²) in [5, 5.41) is 12.7. The number of carboxylic acid groups (broad SMARTS) is 1. The number of carbonyl (C=O) groups excluding carboxylic acids is 1. The van der Waals surface area contributed by atoms with Crippen LogP contribution in [0.2, 0.25) is 0 Å². The van der Waals surface area contributed by atoms with E-state index in [0.29, 0.717) is 6.54 Å². The van der Waals surface area contributed by atoms with Crippen molar-refractivity contribution in [2.45, 2.75) is 6.54 Å². The zero-order chi connectivity index (χ0) is 16.3. The maximum atomic E-state index is 12.4. The standard InChI is InChI=1S/C15H17N3O4/c1-17(9-10-4-6-11(22-3)7-5-10)14(19)13-8-12(15(20)21)16-18(13)2/h4-8H,9H2,1-3H3,(H,20,21). The smallest absolute Gasteiger partial charge is 0.356 e. The highest BCUT2D eigenvalue weighted by molar-refractivity contribution is 5.95. The predicted octanol–water partition coefficient (Wildman–Crippen LogP) is 1.40. The van der Waals surface area contributed by atoms with E-state index in [1.165, 1.54) is 15.6 Å². The average molecular weight is 303 g/mol. The van der Waals surface area contributed by atoms with Gasteiger partial charge in [0.05, 0.1) is 7.11 Å². The van der Waals surface area contributed by atoms with E-state index in [9.17, 15) is 9.59 Å². The Kier molecular flexibility index (Phi) is 4.45. The van der Waals surface area contributed by atoms with E-state index in [1.54, 1.807) is 21.2 Å². The number of hydrogen-bond acceptors (Lipinski definition) is 4. The molecule has 0 aliphatic heterocycles. The van der Waals surface area contributed by atoms with E-state index in [1.807, 2.05) is 24.3 Å². The zero-order valence-corrected chi connectivity index (χ0v) is 12.6. The van der Waals surface area contributed by atoms with Crippen LogP contribution in [0.3, 0.4) is 0 Å². The molecule has 0 bridgehead atoms. The number of hydrogen-bond donors (Lipinski definition) is 1. The van der Waals surface area contributed by atoms with Crippen LogP contribution in [0, 0.1) is 0 Å². The number of methoxy groups -OCH3 is 1. The van der Waals surface area contributed by atoms with Crippen molar-refractivity contribution in [3.05, 3.63) is 47.3 Å². The number of nitrogens with zero attached hydrogens (tertiary/aromatic N) is 3. The number of rotatable bonds is 5. The SMILES string of the molecule is COc1ccc(CN(C)C(=O)c2cc(C(=O)O)nn2C)cc1. The van der Waals surface area contributed by atoms with E-state index in [0.717, 1.165) is 11.3 Å². The van der Waals surface area contributed by atoms with Crippen molar-refractivity contribution >= 4 is 11.9 Å². The number of aromatic carboxylic acids is 1. The first kappa shape index (κ1) is 15.6. The van der Waals surface area contributed by atoms with Gasteiger partial charge in [0.25, 0.3) is 5.91 Å². The molecule has 0 atom stereocenters. The molecule has 0 saturated heterocycles. The summed E-state index contributed by atoms with van der Waals surface area (Å²) in [6.45, 7) is 0.399. The van der Waals surface area contributed by atoms with Gasteiger partial charge in [-0.25, -0.2) is 4.79 Å². The summed E-state index contributed by atoms with van der Waals surface area (Å²) in [6.07, 6.45) is 0. The highest BCUT2D eigenvalue weighted by Crippen LogP contribution is 2.14. The predicted molar refractivity (Wildman–Crippen MR) is 79.0 cm³/mol. The average Bonchev–Trinajstić information content (AvgIpc) is 2.89. The second kappa shape index (κ2) is 6.30. The molecular formula is C15H17N3O4. The molecule has 1 heterocycles. The first-order chi connectivity index (χ1) is 10.4. The van der Waals surface area contributed by atoms with Crippen LogP contribution in [0.4, 0.5) is 0 Å². The number of aromatic nitrogens is 2. The summed E-state index contributed by atoms with van der Waals surface area (Å²) >= 11 is 0. The van der Waals surface area contributed by atoms with E-state index in [-0.39, 0.29) is 17.3 Å². The monoisotopic (exact) mass is 303 g/mol. The number of amides is 1. The molecule has 7 heteroatoms.